The summed E-state index contributed by atoms with van der Waals surface area (Å²) in [6, 6.07) is 10.3. The summed E-state index contributed by atoms with van der Waals surface area (Å²) in [5.74, 6) is 0.525. The highest BCUT2D eigenvalue weighted by Gasteiger charge is 2.01. The van der Waals surface area contributed by atoms with Crippen molar-refractivity contribution in [1.82, 2.24) is 15.1 Å². The zero-order valence-corrected chi connectivity index (χ0v) is 10.3. The summed E-state index contributed by atoms with van der Waals surface area (Å²) in [7, 11) is 4.17. The van der Waals surface area contributed by atoms with Gasteiger partial charge >= 0.3 is 0 Å². The summed E-state index contributed by atoms with van der Waals surface area (Å²) < 4.78 is 0. The first-order chi connectivity index (χ1) is 8.15. The van der Waals surface area contributed by atoms with Gasteiger partial charge in [-0.25, -0.2) is 0 Å². The van der Waals surface area contributed by atoms with Crippen molar-refractivity contribution >= 4 is 5.82 Å². The zero-order valence-electron chi connectivity index (χ0n) is 10.3. The fourth-order valence-corrected chi connectivity index (χ4v) is 1.69. The second kappa shape index (κ2) is 5.01. The molecule has 0 fully saturated rings. The maximum atomic E-state index is 5.58. The van der Waals surface area contributed by atoms with Crippen molar-refractivity contribution in [3.63, 3.8) is 0 Å². The topological polar surface area (TPSA) is 57.9 Å². The minimum Gasteiger partial charge on any atom is -0.382 e. The molecule has 0 saturated heterocycles. The Balaban J connectivity index is 2.07. The predicted molar refractivity (Wildman–Crippen MR) is 70.7 cm³/mol. The number of nitrogens with zero attached hydrogens (tertiary/aromatic N) is 2. The summed E-state index contributed by atoms with van der Waals surface area (Å²) >= 11 is 0. The van der Waals surface area contributed by atoms with E-state index in [2.05, 4.69) is 53.5 Å². The molecule has 0 bridgehead atoms. The van der Waals surface area contributed by atoms with Crippen molar-refractivity contribution < 1.29 is 0 Å². The van der Waals surface area contributed by atoms with Gasteiger partial charge in [0.05, 0.1) is 5.69 Å². The number of aromatic amines is 1. The van der Waals surface area contributed by atoms with Crippen LogP contribution >= 0.6 is 0 Å². The summed E-state index contributed by atoms with van der Waals surface area (Å²) in [6.45, 7) is 1.07. The minimum absolute atomic E-state index is 0.525. The Labute approximate surface area is 101 Å². The lowest BCUT2D eigenvalue weighted by atomic mass is 10.1. The van der Waals surface area contributed by atoms with Crippen molar-refractivity contribution in [2.24, 2.45) is 0 Å². The van der Waals surface area contributed by atoms with Gasteiger partial charge in [0.25, 0.3) is 0 Å². The monoisotopic (exact) mass is 230 g/mol. The predicted octanol–water partition coefficient (Wildman–Crippen LogP) is 1.76. The van der Waals surface area contributed by atoms with Gasteiger partial charge in [-0.15, -0.1) is 0 Å². The molecule has 0 aliphatic carbocycles. The number of H-pyrrole nitrogens is 1. The number of nitrogens with one attached hydrogen (secondary N) is 1. The Morgan fingerprint density at radius 3 is 2.47 bits per heavy atom. The van der Waals surface area contributed by atoms with Crippen LogP contribution in [-0.4, -0.2) is 35.7 Å². The summed E-state index contributed by atoms with van der Waals surface area (Å²) in [6.07, 6.45) is 1.07. The van der Waals surface area contributed by atoms with Crippen LogP contribution in [0.15, 0.2) is 30.3 Å². The molecular weight excluding hydrogens is 212 g/mol. The number of anilines is 1. The molecule has 3 N–H and O–H groups in total. The van der Waals surface area contributed by atoms with Crippen molar-refractivity contribution in [3.05, 3.63) is 35.9 Å². The number of nitrogen functional groups attached to an aromatic ring is 1. The second-order valence-electron chi connectivity index (χ2n) is 4.46. The van der Waals surface area contributed by atoms with E-state index in [-0.39, 0.29) is 0 Å². The maximum absolute atomic E-state index is 5.58. The summed E-state index contributed by atoms with van der Waals surface area (Å²) in [5, 5.41) is 6.83. The first kappa shape index (κ1) is 11.7. The van der Waals surface area contributed by atoms with Gasteiger partial charge in [-0.2, -0.15) is 5.10 Å². The molecule has 0 amide bonds. The van der Waals surface area contributed by atoms with E-state index in [1.165, 1.54) is 5.56 Å². The van der Waals surface area contributed by atoms with E-state index in [0.29, 0.717) is 5.82 Å². The molecular formula is C13H18N4. The number of hydrogen-bond acceptors (Lipinski definition) is 3. The lowest BCUT2D eigenvalue weighted by molar-refractivity contribution is 0.413. The Morgan fingerprint density at radius 2 is 1.94 bits per heavy atom. The van der Waals surface area contributed by atoms with Crippen molar-refractivity contribution in [2.75, 3.05) is 26.4 Å². The van der Waals surface area contributed by atoms with Gasteiger partial charge in [0.1, 0.15) is 5.82 Å². The van der Waals surface area contributed by atoms with Crippen LogP contribution < -0.4 is 5.73 Å². The van der Waals surface area contributed by atoms with Crippen LogP contribution in [0.3, 0.4) is 0 Å². The van der Waals surface area contributed by atoms with E-state index in [1.54, 1.807) is 0 Å². The Morgan fingerprint density at radius 1 is 1.24 bits per heavy atom. The molecule has 0 unspecified atom stereocenters. The van der Waals surface area contributed by atoms with Crippen LogP contribution in [0.5, 0.6) is 0 Å². The largest absolute Gasteiger partial charge is 0.382 e. The smallest absolute Gasteiger partial charge is 0.145 e. The molecule has 1 aromatic carbocycles. The quantitative estimate of drug-likeness (QED) is 0.841. The van der Waals surface area contributed by atoms with E-state index in [1.807, 2.05) is 6.07 Å². The Kier molecular flexibility index (Phi) is 3.44. The zero-order chi connectivity index (χ0) is 12.3. The van der Waals surface area contributed by atoms with E-state index < -0.39 is 0 Å². The molecule has 2 rings (SSSR count). The Bertz CT molecular complexity index is 470. The average Bonchev–Trinajstić information content (AvgIpc) is 2.74. The molecule has 0 spiro atoms. The summed E-state index contributed by atoms with van der Waals surface area (Å²) in [5.41, 5.74) is 9.00. The third kappa shape index (κ3) is 3.07. The minimum atomic E-state index is 0.525. The van der Waals surface area contributed by atoms with E-state index >= 15 is 0 Å². The highest BCUT2D eigenvalue weighted by Crippen LogP contribution is 2.19. The van der Waals surface area contributed by atoms with Crippen LogP contribution in [0, 0.1) is 0 Å². The van der Waals surface area contributed by atoms with Gasteiger partial charge in [0, 0.05) is 12.6 Å². The van der Waals surface area contributed by atoms with Gasteiger partial charge in [-0.3, -0.25) is 5.10 Å². The molecule has 4 heteroatoms. The SMILES string of the molecule is CN(C)CCc1ccc(-c2cc(N)n[nH]2)cc1. The van der Waals surface area contributed by atoms with Crippen LogP contribution in [0.1, 0.15) is 5.56 Å². The Hall–Kier alpha value is -1.81. The molecule has 4 nitrogen and oxygen atoms in total. The highest BCUT2D eigenvalue weighted by molar-refractivity contribution is 5.62. The van der Waals surface area contributed by atoms with E-state index in [4.69, 9.17) is 5.73 Å². The van der Waals surface area contributed by atoms with Gasteiger partial charge in [0.15, 0.2) is 0 Å². The summed E-state index contributed by atoms with van der Waals surface area (Å²) in [4.78, 5) is 2.18. The second-order valence-corrected chi connectivity index (χ2v) is 4.46. The van der Waals surface area contributed by atoms with Gasteiger partial charge in [-0.05, 0) is 31.6 Å². The van der Waals surface area contributed by atoms with Gasteiger partial charge < -0.3 is 10.6 Å². The van der Waals surface area contributed by atoms with Crippen molar-refractivity contribution in [3.8, 4) is 11.3 Å². The van der Waals surface area contributed by atoms with Crippen LogP contribution in [0.25, 0.3) is 11.3 Å². The number of benzene rings is 1. The van der Waals surface area contributed by atoms with E-state index in [0.717, 1.165) is 24.2 Å². The number of aromatic nitrogens is 2. The molecule has 90 valence electrons. The van der Waals surface area contributed by atoms with Crippen molar-refractivity contribution in [1.29, 1.82) is 0 Å². The molecule has 0 atom stereocenters. The molecule has 17 heavy (non-hydrogen) atoms. The molecule has 2 aromatic rings. The van der Waals surface area contributed by atoms with Gasteiger partial charge in [-0.1, -0.05) is 24.3 Å². The number of hydrogen-bond donors (Lipinski definition) is 2. The molecule has 0 aliphatic rings. The first-order valence-electron chi connectivity index (χ1n) is 5.70. The number of nitrogens with two attached hydrogens (primary N) is 1. The molecule has 1 heterocycles. The van der Waals surface area contributed by atoms with Crippen LogP contribution in [0.2, 0.25) is 0 Å². The molecule has 0 aliphatic heterocycles. The van der Waals surface area contributed by atoms with Gasteiger partial charge in [0.2, 0.25) is 0 Å². The lowest BCUT2D eigenvalue weighted by Gasteiger charge is -2.09. The van der Waals surface area contributed by atoms with Crippen LogP contribution in [0.4, 0.5) is 5.82 Å². The van der Waals surface area contributed by atoms with Crippen molar-refractivity contribution in [2.45, 2.75) is 6.42 Å². The molecule has 1 aromatic heterocycles. The maximum Gasteiger partial charge on any atom is 0.145 e. The number of likely N-dealkylation sites (N-methyl/N-ethyl adjacent to an activating group) is 1. The first-order valence-corrected chi connectivity index (χ1v) is 5.70. The fraction of sp³-hybridized carbons (Fsp3) is 0.308. The third-order valence-electron chi connectivity index (χ3n) is 2.71. The normalized spacial score (nSPS) is 11.0. The average molecular weight is 230 g/mol. The van der Waals surface area contributed by atoms with Crippen LogP contribution in [-0.2, 0) is 6.42 Å². The highest BCUT2D eigenvalue weighted by atomic mass is 15.2. The standard InChI is InChI=1S/C13H18N4/c1-17(2)8-7-10-3-5-11(6-4-10)12-9-13(14)16-15-12/h3-6,9H,7-8H2,1-2H3,(H3,14,15,16). The fourth-order valence-electron chi connectivity index (χ4n) is 1.69. The molecule has 0 radical (unpaired) electrons. The van der Waals surface area contributed by atoms with E-state index in [9.17, 15) is 0 Å². The molecule has 0 saturated carbocycles. The lowest BCUT2D eigenvalue weighted by Crippen LogP contribution is -2.14. The number of rotatable bonds is 4. The third-order valence-corrected chi connectivity index (χ3v) is 2.71.